The van der Waals surface area contributed by atoms with E-state index in [1.807, 2.05) is 25.1 Å². The van der Waals surface area contributed by atoms with E-state index >= 15 is 0 Å². The smallest absolute Gasteiger partial charge is 0.244 e. The minimum Gasteiger partial charge on any atom is -0.496 e. The van der Waals surface area contributed by atoms with E-state index in [9.17, 15) is 13.2 Å². The van der Waals surface area contributed by atoms with Gasteiger partial charge in [0.25, 0.3) is 0 Å². The van der Waals surface area contributed by atoms with Gasteiger partial charge in [-0.05, 0) is 32.0 Å². The van der Waals surface area contributed by atoms with Crippen molar-refractivity contribution in [2.24, 2.45) is 0 Å². The second-order valence-electron chi connectivity index (χ2n) is 6.75. The molecule has 0 fully saturated rings. The summed E-state index contributed by atoms with van der Waals surface area (Å²) in [5, 5.41) is 2.86. The van der Waals surface area contributed by atoms with Crippen LogP contribution in [0.25, 0.3) is 0 Å². The number of nitrogens with one attached hydrogen (secondary N) is 1. The highest BCUT2D eigenvalue weighted by Gasteiger charge is 2.31. The minimum atomic E-state index is -3.77. The van der Waals surface area contributed by atoms with Crippen LogP contribution < -0.4 is 23.8 Å². The molecular weight excluding hydrogens is 408 g/mol. The molecule has 0 unspecified atom stereocenters. The molecule has 0 heterocycles. The highest BCUT2D eigenvalue weighted by Crippen LogP contribution is 2.33. The van der Waals surface area contributed by atoms with Gasteiger partial charge >= 0.3 is 0 Å². The van der Waals surface area contributed by atoms with Crippen molar-refractivity contribution in [3.05, 3.63) is 48.0 Å². The van der Waals surface area contributed by atoms with E-state index in [0.717, 1.165) is 16.1 Å². The maximum Gasteiger partial charge on any atom is 0.244 e. The van der Waals surface area contributed by atoms with Gasteiger partial charge in [0.15, 0.2) is 11.5 Å². The first kappa shape index (κ1) is 23.3. The zero-order chi connectivity index (χ0) is 22.5. The molecule has 0 saturated carbocycles. The van der Waals surface area contributed by atoms with Crippen molar-refractivity contribution in [3.63, 3.8) is 0 Å². The lowest BCUT2D eigenvalue weighted by molar-refractivity contribution is -0.122. The third-order valence-corrected chi connectivity index (χ3v) is 5.92. The summed E-state index contributed by atoms with van der Waals surface area (Å²) in [5.74, 6) is 1.00. The van der Waals surface area contributed by atoms with Gasteiger partial charge in [0.2, 0.25) is 15.9 Å². The van der Waals surface area contributed by atoms with Crippen LogP contribution in [0, 0.1) is 0 Å². The number of benzene rings is 2. The van der Waals surface area contributed by atoms with Gasteiger partial charge in [-0.1, -0.05) is 18.2 Å². The van der Waals surface area contributed by atoms with Crippen LogP contribution in [0.1, 0.15) is 25.5 Å². The molecule has 30 heavy (non-hydrogen) atoms. The topological polar surface area (TPSA) is 94.2 Å². The molecule has 0 spiro atoms. The molecule has 1 amide bonds. The van der Waals surface area contributed by atoms with Crippen LogP contribution in [-0.4, -0.2) is 48.0 Å². The molecule has 2 aromatic carbocycles. The van der Waals surface area contributed by atoms with Crippen LogP contribution in [0.2, 0.25) is 0 Å². The maximum absolute atomic E-state index is 13.0. The summed E-state index contributed by atoms with van der Waals surface area (Å²) in [7, 11) is 0.729. The number of carbonyl (C=O) groups is 1. The van der Waals surface area contributed by atoms with Crippen LogP contribution >= 0.6 is 0 Å². The Morgan fingerprint density at radius 3 is 2.10 bits per heavy atom. The van der Waals surface area contributed by atoms with Gasteiger partial charge in [-0.25, -0.2) is 8.42 Å². The molecule has 0 radical (unpaired) electrons. The number of rotatable bonds is 9. The maximum atomic E-state index is 13.0. The normalized spacial score (nSPS) is 13.1. The van der Waals surface area contributed by atoms with Gasteiger partial charge in [0.05, 0.1) is 39.3 Å². The number of sulfonamides is 1. The predicted octanol–water partition coefficient (Wildman–Crippen LogP) is 2.74. The SMILES string of the molecule is COc1ccc(N([C@@H](C)C(=O)N[C@H](C)c2ccccc2OC)S(C)(=O)=O)cc1OC. The highest BCUT2D eigenvalue weighted by atomic mass is 32.2. The summed E-state index contributed by atoms with van der Waals surface area (Å²) < 4.78 is 42.0. The Hall–Kier alpha value is -2.94. The fraction of sp³-hybridized carbons (Fsp3) is 0.381. The van der Waals surface area contributed by atoms with Gasteiger partial charge in [0, 0.05) is 11.6 Å². The molecule has 8 nitrogen and oxygen atoms in total. The Morgan fingerprint density at radius 1 is 0.933 bits per heavy atom. The van der Waals surface area contributed by atoms with Crippen LogP contribution in [0.4, 0.5) is 5.69 Å². The molecule has 0 bridgehead atoms. The Bertz CT molecular complexity index is 993. The van der Waals surface area contributed by atoms with Gasteiger partial charge < -0.3 is 19.5 Å². The number of methoxy groups -OCH3 is 3. The average molecular weight is 437 g/mol. The van der Waals surface area contributed by atoms with E-state index in [1.54, 1.807) is 25.3 Å². The van der Waals surface area contributed by atoms with Gasteiger partial charge in [-0.15, -0.1) is 0 Å². The Balaban J connectivity index is 2.33. The van der Waals surface area contributed by atoms with Crippen molar-refractivity contribution in [1.29, 1.82) is 0 Å². The number of carbonyl (C=O) groups excluding carboxylic acids is 1. The largest absolute Gasteiger partial charge is 0.496 e. The molecule has 0 aromatic heterocycles. The van der Waals surface area contributed by atoms with Crippen molar-refractivity contribution in [2.45, 2.75) is 25.9 Å². The molecule has 2 atom stereocenters. The Kier molecular flexibility index (Phi) is 7.55. The van der Waals surface area contributed by atoms with Gasteiger partial charge in [-0.2, -0.15) is 0 Å². The van der Waals surface area contributed by atoms with Gasteiger partial charge in [0.1, 0.15) is 11.8 Å². The van der Waals surface area contributed by atoms with Crippen LogP contribution in [0.3, 0.4) is 0 Å². The number of nitrogens with zero attached hydrogens (tertiary/aromatic N) is 1. The third kappa shape index (κ3) is 5.15. The number of ether oxygens (including phenoxy) is 3. The minimum absolute atomic E-state index is 0.294. The van der Waals surface area contributed by atoms with Crippen molar-refractivity contribution < 1.29 is 27.4 Å². The summed E-state index contributed by atoms with van der Waals surface area (Å²) in [5.41, 5.74) is 1.08. The van der Waals surface area contributed by atoms with E-state index in [2.05, 4.69) is 5.32 Å². The van der Waals surface area contributed by atoms with Crippen molar-refractivity contribution in [1.82, 2.24) is 5.32 Å². The fourth-order valence-corrected chi connectivity index (χ4v) is 4.37. The zero-order valence-corrected chi connectivity index (χ0v) is 18.8. The lowest BCUT2D eigenvalue weighted by Crippen LogP contribution is -2.48. The standard InChI is InChI=1S/C21H28N2O6S/c1-14(17-9-7-8-10-18(17)27-3)22-21(24)15(2)23(30(6,25)26)16-11-12-19(28-4)20(13-16)29-5/h7-15H,1-6H3,(H,22,24)/t14-,15+/m1/s1. The number of anilines is 1. The molecular formula is C21H28N2O6S. The molecule has 164 valence electrons. The molecule has 0 aliphatic heterocycles. The second kappa shape index (κ2) is 9.71. The van der Waals surface area contributed by atoms with Crippen molar-refractivity contribution in [3.8, 4) is 17.2 Å². The summed E-state index contributed by atoms with van der Waals surface area (Å²) in [6, 6.07) is 10.6. The molecule has 2 rings (SSSR count). The number of amides is 1. The summed E-state index contributed by atoms with van der Waals surface area (Å²) in [6.45, 7) is 3.34. The number of hydrogen-bond donors (Lipinski definition) is 1. The molecule has 2 aromatic rings. The first-order valence-electron chi connectivity index (χ1n) is 9.28. The second-order valence-corrected chi connectivity index (χ2v) is 8.61. The molecule has 0 saturated heterocycles. The van der Waals surface area contributed by atoms with E-state index in [1.165, 1.54) is 27.2 Å². The van der Waals surface area contributed by atoms with E-state index in [4.69, 9.17) is 14.2 Å². The van der Waals surface area contributed by atoms with Crippen LogP contribution in [0.5, 0.6) is 17.2 Å². The van der Waals surface area contributed by atoms with Crippen LogP contribution in [0.15, 0.2) is 42.5 Å². The summed E-state index contributed by atoms with van der Waals surface area (Å²) in [4.78, 5) is 13.0. The Labute approximate surface area is 177 Å². The average Bonchev–Trinajstić information content (AvgIpc) is 2.72. The molecule has 1 N–H and O–H groups in total. The summed E-state index contributed by atoms with van der Waals surface area (Å²) >= 11 is 0. The summed E-state index contributed by atoms with van der Waals surface area (Å²) in [6.07, 6.45) is 1.05. The predicted molar refractivity (Wildman–Crippen MR) is 116 cm³/mol. The third-order valence-electron chi connectivity index (χ3n) is 4.67. The van der Waals surface area contributed by atoms with Crippen molar-refractivity contribution >= 4 is 21.6 Å². The Morgan fingerprint density at radius 2 is 1.53 bits per heavy atom. The lowest BCUT2D eigenvalue weighted by Gasteiger charge is -2.30. The highest BCUT2D eigenvalue weighted by molar-refractivity contribution is 7.92. The first-order chi connectivity index (χ1) is 14.1. The van der Waals surface area contributed by atoms with Gasteiger partial charge in [-0.3, -0.25) is 9.10 Å². The molecule has 0 aliphatic rings. The zero-order valence-electron chi connectivity index (χ0n) is 18.0. The quantitative estimate of drug-likeness (QED) is 0.650. The molecule has 0 aliphatic carbocycles. The van der Waals surface area contributed by atoms with E-state index < -0.39 is 22.0 Å². The molecule has 9 heteroatoms. The van der Waals surface area contributed by atoms with Crippen molar-refractivity contribution in [2.75, 3.05) is 31.9 Å². The monoisotopic (exact) mass is 436 g/mol. The van der Waals surface area contributed by atoms with E-state index in [-0.39, 0.29) is 6.04 Å². The first-order valence-corrected chi connectivity index (χ1v) is 11.1. The number of hydrogen-bond acceptors (Lipinski definition) is 6. The van der Waals surface area contributed by atoms with E-state index in [0.29, 0.717) is 22.9 Å². The number of para-hydroxylation sites is 1. The van der Waals surface area contributed by atoms with Crippen LogP contribution in [-0.2, 0) is 14.8 Å². The lowest BCUT2D eigenvalue weighted by atomic mass is 10.1. The fourth-order valence-electron chi connectivity index (χ4n) is 3.21.